The standard InChI is InChI=1S/C57H84N6O7S/c1-10-13-16-19-22-23-26-27-32-67-49-31-30-46(39-48(49)58-53-42(5)35-41(4)52(43(53)6)54-60-59-51-40-50(57(7,8)9)61-63(51)54)62-71(66)70-47-37-44(55(64)68-33-28-24-20-17-14-11-2)36-45(38-47)56(65)69-34-29-25-21-18-15-12-3/h30-31,35-40,58,61-62H,10-29,32-34H2,1-9H3. The van der Waals surface area contributed by atoms with E-state index in [0.717, 1.165) is 116 Å². The smallest absolute Gasteiger partial charge is 0.338 e. The lowest BCUT2D eigenvalue weighted by atomic mass is 9.93. The molecule has 2 aromatic heterocycles. The molecule has 1 atom stereocenters. The van der Waals surface area contributed by atoms with Crippen LogP contribution in [0.5, 0.6) is 11.5 Å². The fraction of sp³-hybridized carbons (Fsp3) is 0.579. The number of aryl methyl sites for hydroxylation is 2. The van der Waals surface area contributed by atoms with Gasteiger partial charge in [-0.15, -0.1) is 10.2 Å². The van der Waals surface area contributed by atoms with Crippen molar-refractivity contribution in [3.63, 3.8) is 0 Å². The van der Waals surface area contributed by atoms with Crippen molar-refractivity contribution in [1.29, 1.82) is 0 Å². The highest BCUT2D eigenvalue weighted by molar-refractivity contribution is 7.82. The van der Waals surface area contributed by atoms with E-state index in [1.807, 2.05) is 22.7 Å². The van der Waals surface area contributed by atoms with Crippen molar-refractivity contribution < 1.29 is 32.2 Å². The van der Waals surface area contributed by atoms with E-state index in [1.165, 1.54) is 69.6 Å². The van der Waals surface area contributed by atoms with E-state index in [2.05, 4.69) is 93.7 Å². The number of hydrogen-bond donors (Lipinski definition) is 3. The Hall–Kier alpha value is -5.37. The molecule has 0 aliphatic carbocycles. The molecule has 0 fully saturated rings. The van der Waals surface area contributed by atoms with Gasteiger partial charge in [0, 0.05) is 28.4 Å². The summed E-state index contributed by atoms with van der Waals surface area (Å²) < 4.78 is 42.4. The summed E-state index contributed by atoms with van der Waals surface area (Å²) in [5, 5.41) is 16.4. The first-order valence-corrected chi connectivity index (χ1v) is 27.8. The summed E-state index contributed by atoms with van der Waals surface area (Å²) in [6.07, 6.45) is 22.1. The number of ether oxygens (including phenoxy) is 3. The molecule has 1 unspecified atom stereocenters. The molecule has 5 rings (SSSR count). The molecule has 0 spiro atoms. The Bertz CT molecular complexity index is 2420. The number of anilines is 3. The van der Waals surface area contributed by atoms with E-state index in [9.17, 15) is 13.8 Å². The van der Waals surface area contributed by atoms with Crippen molar-refractivity contribution >= 4 is 45.9 Å². The SMILES string of the molecule is CCCCCCCCCCOc1ccc(NS(=O)Oc2cc(C(=O)OCCCCCCCC)cc(C(=O)OCCCCCCCC)c2)cc1Nc1c(C)cc(C)c(-c2nnc3cc(C(C)(C)C)[nH]n23)c1C. The zero-order valence-corrected chi connectivity index (χ0v) is 45.3. The Morgan fingerprint density at radius 2 is 1.18 bits per heavy atom. The summed E-state index contributed by atoms with van der Waals surface area (Å²) in [5.41, 5.74) is 7.99. The van der Waals surface area contributed by atoms with E-state index in [0.29, 0.717) is 29.6 Å². The van der Waals surface area contributed by atoms with Crippen LogP contribution in [-0.4, -0.2) is 55.8 Å². The highest BCUT2D eigenvalue weighted by Gasteiger charge is 2.24. The van der Waals surface area contributed by atoms with Crippen molar-refractivity contribution in [2.75, 3.05) is 29.9 Å². The number of esters is 2. The first-order chi connectivity index (χ1) is 34.2. The van der Waals surface area contributed by atoms with Crippen LogP contribution in [0.3, 0.4) is 0 Å². The maximum absolute atomic E-state index is 13.9. The predicted octanol–water partition coefficient (Wildman–Crippen LogP) is 15.3. The minimum absolute atomic E-state index is 0.0535. The number of benzene rings is 3. The lowest BCUT2D eigenvalue weighted by Crippen LogP contribution is -2.14. The fourth-order valence-electron chi connectivity index (χ4n) is 8.77. The molecule has 0 aliphatic heterocycles. The van der Waals surface area contributed by atoms with Crippen LogP contribution in [0.1, 0.15) is 213 Å². The third-order valence-electron chi connectivity index (χ3n) is 12.9. The van der Waals surface area contributed by atoms with Crippen LogP contribution in [0, 0.1) is 20.8 Å². The number of carbonyl (C=O) groups is 2. The monoisotopic (exact) mass is 997 g/mol. The van der Waals surface area contributed by atoms with Crippen molar-refractivity contribution in [1.82, 2.24) is 19.8 Å². The molecular weight excluding hydrogens is 913 g/mol. The number of fused-ring (bicyclic) bond motifs is 1. The number of nitrogens with zero attached hydrogens (tertiary/aromatic N) is 3. The van der Waals surface area contributed by atoms with Crippen LogP contribution in [0.25, 0.3) is 17.0 Å². The maximum atomic E-state index is 13.9. The quantitative estimate of drug-likeness (QED) is 0.0273. The summed E-state index contributed by atoms with van der Waals surface area (Å²) in [6, 6.07) is 14.0. The minimum atomic E-state index is -2.16. The van der Waals surface area contributed by atoms with E-state index >= 15 is 0 Å². The number of rotatable bonds is 33. The second kappa shape index (κ2) is 29.2. The zero-order valence-electron chi connectivity index (χ0n) is 44.5. The minimum Gasteiger partial charge on any atom is -0.491 e. The maximum Gasteiger partial charge on any atom is 0.338 e. The molecule has 0 saturated carbocycles. The van der Waals surface area contributed by atoms with Gasteiger partial charge in [0.1, 0.15) is 11.5 Å². The average molecular weight is 997 g/mol. The summed E-state index contributed by atoms with van der Waals surface area (Å²) in [6.45, 7) is 20.4. The Labute approximate surface area is 427 Å². The van der Waals surface area contributed by atoms with E-state index in [-0.39, 0.29) is 35.5 Å². The summed E-state index contributed by atoms with van der Waals surface area (Å²) in [4.78, 5) is 26.7. The summed E-state index contributed by atoms with van der Waals surface area (Å²) in [7, 11) is 0. The summed E-state index contributed by atoms with van der Waals surface area (Å²) >= 11 is -2.16. The van der Waals surface area contributed by atoms with Crippen LogP contribution in [0.2, 0.25) is 0 Å². The van der Waals surface area contributed by atoms with Gasteiger partial charge in [-0.25, -0.2) is 14.1 Å². The molecule has 5 aromatic rings. The molecule has 390 valence electrons. The summed E-state index contributed by atoms with van der Waals surface area (Å²) in [5.74, 6) is 0.231. The zero-order chi connectivity index (χ0) is 51.2. The third-order valence-corrected chi connectivity index (χ3v) is 13.7. The van der Waals surface area contributed by atoms with Crippen LogP contribution >= 0.6 is 0 Å². The van der Waals surface area contributed by atoms with Gasteiger partial charge in [-0.05, 0) is 93.1 Å². The number of H-pyrrole nitrogens is 1. The lowest BCUT2D eigenvalue weighted by molar-refractivity contribution is 0.0495. The first kappa shape index (κ1) is 56.5. The van der Waals surface area contributed by atoms with Gasteiger partial charge in [-0.2, -0.15) is 4.21 Å². The third kappa shape index (κ3) is 17.7. The second-order valence-corrected chi connectivity index (χ2v) is 21.0. The molecule has 3 N–H and O–H groups in total. The average Bonchev–Trinajstić information content (AvgIpc) is 3.95. The molecule has 0 radical (unpaired) electrons. The van der Waals surface area contributed by atoms with E-state index in [1.54, 1.807) is 6.07 Å². The Kier molecular flexibility index (Phi) is 23.3. The normalized spacial score (nSPS) is 12.0. The van der Waals surface area contributed by atoms with Gasteiger partial charge in [0.25, 0.3) is 0 Å². The van der Waals surface area contributed by atoms with Crippen LogP contribution in [-0.2, 0) is 26.2 Å². The van der Waals surface area contributed by atoms with Gasteiger partial charge < -0.3 is 23.7 Å². The van der Waals surface area contributed by atoms with Crippen LogP contribution < -0.4 is 19.0 Å². The van der Waals surface area contributed by atoms with Crippen molar-refractivity contribution in [2.24, 2.45) is 0 Å². The molecule has 0 amide bonds. The highest BCUT2D eigenvalue weighted by atomic mass is 32.2. The van der Waals surface area contributed by atoms with E-state index < -0.39 is 23.2 Å². The van der Waals surface area contributed by atoms with Crippen LogP contribution in [0.4, 0.5) is 17.1 Å². The molecule has 13 nitrogen and oxygen atoms in total. The van der Waals surface area contributed by atoms with Gasteiger partial charge in [0.15, 0.2) is 11.5 Å². The lowest BCUT2D eigenvalue weighted by Gasteiger charge is -2.21. The second-order valence-electron chi connectivity index (χ2n) is 20.2. The van der Waals surface area contributed by atoms with Gasteiger partial charge in [-0.1, -0.05) is 157 Å². The largest absolute Gasteiger partial charge is 0.491 e. The predicted molar refractivity (Wildman–Crippen MR) is 290 cm³/mol. The van der Waals surface area contributed by atoms with Gasteiger partial charge in [-0.3, -0.25) is 9.82 Å². The Balaban J connectivity index is 1.38. The molecule has 71 heavy (non-hydrogen) atoms. The van der Waals surface area contributed by atoms with Crippen molar-refractivity contribution in [3.05, 3.63) is 82.0 Å². The van der Waals surface area contributed by atoms with Gasteiger partial charge in [0.05, 0.1) is 42.3 Å². The van der Waals surface area contributed by atoms with Crippen LogP contribution in [0.15, 0.2) is 48.5 Å². The number of aromatic amines is 1. The molecule has 0 aliphatic rings. The highest BCUT2D eigenvalue weighted by Crippen LogP contribution is 2.39. The van der Waals surface area contributed by atoms with Crippen molar-refractivity contribution in [3.8, 4) is 22.9 Å². The van der Waals surface area contributed by atoms with Gasteiger partial charge in [0.2, 0.25) is 0 Å². The number of aromatic nitrogens is 4. The molecule has 0 bridgehead atoms. The number of hydrogen-bond acceptors (Lipinski definition) is 10. The van der Waals surface area contributed by atoms with Gasteiger partial charge >= 0.3 is 23.2 Å². The Morgan fingerprint density at radius 3 is 1.73 bits per heavy atom. The molecular formula is C57H84N6O7S. The molecule has 14 heteroatoms. The van der Waals surface area contributed by atoms with E-state index in [4.69, 9.17) is 18.4 Å². The molecule has 2 heterocycles. The fourth-order valence-corrected chi connectivity index (χ4v) is 9.40. The molecule has 3 aromatic carbocycles. The molecule has 0 saturated heterocycles. The topological polar surface area (TPSA) is 158 Å². The number of unbranched alkanes of at least 4 members (excludes halogenated alkanes) is 17. The number of carbonyl (C=O) groups excluding carboxylic acids is 2. The number of nitrogens with one attached hydrogen (secondary N) is 3. The first-order valence-electron chi connectivity index (χ1n) is 26.7. The van der Waals surface area contributed by atoms with Crippen molar-refractivity contribution in [2.45, 2.75) is 196 Å². The Morgan fingerprint density at radius 1 is 0.648 bits per heavy atom.